The fourth-order valence-corrected chi connectivity index (χ4v) is 14.7. The lowest BCUT2D eigenvalue weighted by Gasteiger charge is -2.27. The molecule has 0 N–H and O–H groups in total. The molecule has 15 nitrogen and oxygen atoms in total. The van der Waals surface area contributed by atoms with Gasteiger partial charge in [0.05, 0.1) is 0 Å². The first-order valence-electron chi connectivity index (χ1n) is 40.6. The van der Waals surface area contributed by atoms with Gasteiger partial charge in [0.15, 0.2) is 0 Å². The number of unbranched alkanes of at least 4 members (excludes halogenated alkanes) is 12. The molecule has 0 amide bonds. The highest BCUT2D eigenvalue weighted by atomic mass is 16.5. The first-order chi connectivity index (χ1) is 51.9. The zero-order valence-electron chi connectivity index (χ0n) is 64.3. The maximum Gasteiger partial charge on any atom is 0.126 e. The Kier molecular flexibility index (Phi) is 36.0. The van der Waals surface area contributed by atoms with Crippen LogP contribution >= 0.6 is 0 Å². The van der Waals surface area contributed by atoms with Gasteiger partial charge in [0.2, 0.25) is 0 Å². The molecule has 0 saturated heterocycles. The third kappa shape index (κ3) is 29.0. The van der Waals surface area contributed by atoms with Gasteiger partial charge in [-0.05, 0) is 134 Å². The summed E-state index contributed by atoms with van der Waals surface area (Å²) in [5, 5.41) is 0. The minimum absolute atomic E-state index is 0.453. The van der Waals surface area contributed by atoms with Crippen LogP contribution in [0.2, 0.25) is 0 Å². The highest BCUT2D eigenvalue weighted by Gasteiger charge is 2.21. The molecule has 0 bridgehead atoms. The van der Waals surface area contributed by atoms with E-state index >= 15 is 0 Å². The largest absolute Gasteiger partial charge is 0.492 e. The molecular formula is C90H126N6O9. The van der Waals surface area contributed by atoms with Gasteiger partial charge in [-0.25, -0.2) is 0 Å². The summed E-state index contributed by atoms with van der Waals surface area (Å²) in [6.45, 7) is 26.8. The fraction of sp³-hybridized carbons (Fsp3) is 0.533. The zero-order valence-corrected chi connectivity index (χ0v) is 64.3. The number of para-hydroxylation sites is 6. The summed E-state index contributed by atoms with van der Waals surface area (Å²) in [5.74, 6) is 7.66. The molecule has 0 atom stereocenters. The van der Waals surface area contributed by atoms with E-state index in [1.54, 1.807) is 0 Å². The molecule has 3 aliphatic heterocycles. The van der Waals surface area contributed by atoms with E-state index in [4.69, 9.17) is 42.6 Å². The Balaban J connectivity index is 0.877. The highest BCUT2D eigenvalue weighted by molar-refractivity contribution is 5.43. The van der Waals surface area contributed by atoms with Gasteiger partial charge in [0.25, 0.3) is 0 Å². The number of fused-ring (bicyclic) bond motifs is 6. The minimum atomic E-state index is 0.453. The summed E-state index contributed by atoms with van der Waals surface area (Å²) in [6.07, 6.45) is 21.8. The van der Waals surface area contributed by atoms with E-state index in [0.29, 0.717) is 79.1 Å². The smallest absolute Gasteiger partial charge is 0.126 e. The second-order valence-corrected chi connectivity index (χ2v) is 28.9. The summed E-state index contributed by atoms with van der Waals surface area (Å²) in [4.78, 5) is 15.6. The van der Waals surface area contributed by atoms with Crippen LogP contribution in [-0.4, -0.2) is 167 Å². The molecule has 0 aliphatic carbocycles. The summed E-state index contributed by atoms with van der Waals surface area (Å²) in [5.41, 5.74) is 7.14. The van der Waals surface area contributed by atoms with Crippen LogP contribution in [0.5, 0.6) is 51.7 Å². The van der Waals surface area contributed by atoms with Crippen molar-refractivity contribution in [1.82, 2.24) is 29.4 Å². The van der Waals surface area contributed by atoms with Gasteiger partial charge < -0.3 is 42.6 Å². The SMILES string of the molecule is CCCCCCCN1CCCN(CCOc2cc(OCCN3CCCN(CCCCCCC)Cc4ccccc4OCCOc4ccccc4C3)cc(OCCN3CCCN(CCCCCCC)Cc4ccccc4OCCOc4ccccc4C3)c2)Cc2ccccc2OCCOc2ccccc2C1. The normalized spacial score (nSPS) is 16.5. The number of benzene rings is 7. The third-order valence-electron chi connectivity index (χ3n) is 20.5. The maximum absolute atomic E-state index is 6.96. The van der Waals surface area contributed by atoms with Crippen molar-refractivity contribution in [2.75, 3.05) is 138 Å². The molecule has 0 spiro atoms. The van der Waals surface area contributed by atoms with E-state index in [0.717, 1.165) is 186 Å². The van der Waals surface area contributed by atoms with Crippen molar-refractivity contribution in [2.24, 2.45) is 0 Å². The Morgan fingerprint density at radius 1 is 0.248 bits per heavy atom. The second kappa shape index (κ2) is 47.2. The van der Waals surface area contributed by atoms with E-state index in [1.165, 1.54) is 113 Å². The van der Waals surface area contributed by atoms with Crippen LogP contribution < -0.4 is 42.6 Å². The lowest BCUT2D eigenvalue weighted by molar-refractivity contribution is 0.175. The molecule has 0 saturated carbocycles. The van der Waals surface area contributed by atoms with Gasteiger partial charge in [-0.1, -0.05) is 207 Å². The van der Waals surface area contributed by atoms with Crippen molar-refractivity contribution < 1.29 is 42.6 Å². The van der Waals surface area contributed by atoms with E-state index < -0.39 is 0 Å². The topological polar surface area (TPSA) is 103 Å². The van der Waals surface area contributed by atoms with Gasteiger partial charge >= 0.3 is 0 Å². The molecule has 0 unspecified atom stereocenters. The van der Waals surface area contributed by atoms with Crippen LogP contribution in [0.4, 0.5) is 0 Å². The van der Waals surface area contributed by atoms with Crippen LogP contribution in [0, 0.1) is 0 Å². The number of ether oxygens (including phenoxy) is 9. The van der Waals surface area contributed by atoms with Crippen LogP contribution in [-0.2, 0) is 39.3 Å². The van der Waals surface area contributed by atoms with Crippen LogP contribution in [0.3, 0.4) is 0 Å². The molecule has 15 heteroatoms. The average Bonchev–Trinajstić information content (AvgIpc) is 1.86. The second-order valence-electron chi connectivity index (χ2n) is 28.9. The molecule has 570 valence electrons. The van der Waals surface area contributed by atoms with Gasteiger partial charge in [-0.2, -0.15) is 0 Å². The number of hydrogen-bond donors (Lipinski definition) is 0. The summed E-state index contributed by atoms with van der Waals surface area (Å²) in [7, 11) is 0. The summed E-state index contributed by atoms with van der Waals surface area (Å²) < 4.78 is 59.8. The van der Waals surface area contributed by atoms with Crippen LogP contribution in [0.25, 0.3) is 0 Å². The molecule has 7 aromatic rings. The van der Waals surface area contributed by atoms with Crippen molar-refractivity contribution >= 4 is 0 Å². The predicted molar refractivity (Wildman–Crippen MR) is 426 cm³/mol. The predicted octanol–water partition coefficient (Wildman–Crippen LogP) is 18.2. The Hall–Kier alpha value is -7.50. The van der Waals surface area contributed by atoms with E-state index in [-0.39, 0.29) is 0 Å². The van der Waals surface area contributed by atoms with Crippen molar-refractivity contribution in [1.29, 1.82) is 0 Å². The monoisotopic (exact) mass is 1430 g/mol. The standard InChI is InChI=1S/C90H126N6O9/c1-4-7-10-13-28-46-91-49-31-52-94(73-79-37-19-25-43-88(79)103-64-61-100-85-40-22-16-34-76(85)70-91)55-58-97-82-67-83(98-59-56-95-53-32-50-92(47-29-14-11-8-5-2)71-77-35-17-23-41-86(77)101-62-65-104-89-44-26-20-38-80(89)74-95)69-84(68-82)99-60-57-96-54-33-51-93(48-30-15-12-9-6-3)72-78-36-18-24-42-87(78)102-63-66-105-90-45-27-21-39-81(90)75-96/h16-27,34-45,67-69H,4-15,28-33,46-66,70-75H2,1-3H3. The molecular weight excluding hydrogens is 1310 g/mol. The molecule has 7 aromatic carbocycles. The quantitative estimate of drug-likeness (QED) is 0.0399. The van der Waals surface area contributed by atoms with Gasteiger partial charge in [0.1, 0.15) is 111 Å². The molecule has 0 radical (unpaired) electrons. The van der Waals surface area contributed by atoms with Gasteiger partial charge in [-0.15, -0.1) is 0 Å². The lowest BCUT2D eigenvalue weighted by atomic mass is 10.1. The van der Waals surface area contributed by atoms with Crippen molar-refractivity contribution in [2.45, 2.75) is 176 Å². The van der Waals surface area contributed by atoms with E-state index in [2.05, 4.69) is 214 Å². The summed E-state index contributed by atoms with van der Waals surface area (Å²) in [6, 6.07) is 57.3. The molecule has 10 rings (SSSR count). The third-order valence-corrected chi connectivity index (χ3v) is 20.5. The van der Waals surface area contributed by atoms with E-state index in [1.807, 2.05) is 0 Å². The van der Waals surface area contributed by atoms with Gasteiger partial charge in [0, 0.05) is 110 Å². The molecule has 0 aromatic heterocycles. The zero-order chi connectivity index (χ0) is 72.4. The lowest BCUT2D eigenvalue weighted by Crippen LogP contribution is -2.33. The Bertz CT molecular complexity index is 3150. The van der Waals surface area contributed by atoms with Crippen LogP contribution in [0.1, 0.15) is 170 Å². The van der Waals surface area contributed by atoms with Crippen molar-refractivity contribution in [3.63, 3.8) is 0 Å². The molecule has 3 heterocycles. The van der Waals surface area contributed by atoms with Crippen LogP contribution in [0.15, 0.2) is 164 Å². The average molecular weight is 1440 g/mol. The van der Waals surface area contributed by atoms with E-state index in [9.17, 15) is 0 Å². The highest BCUT2D eigenvalue weighted by Crippen LogP contribution is 2.32. The Morgan fingerprint density at radius 2 is 0.448 bits per heavy atom. The molecule has 3 aliphatic rings. The van der Waals surface area contributed by atoms with Crippen molar-refractivity contribution in [3.8, 4) is 51.7 Å². The van der Waals surface area contributed by atoms with Gasteiger partial charge in [-0.3, -0.25) is 29.4 Å². The van der Waals surface area contributed by atoms with Crippen molar-refractivity contribution in [3.05, 3.63) is 197 Å². The Morgan fingerprint density at radius 3 is 0.667 bits per heavy atom. The fourth-order valence-electron chi connectivity index (χ4n) is 14.7. The number of hydrogen-bond acceptors (Lipinski definition) is 15. The Labute approximate surface area is 631 Å². The minimum Gasteiger partial charge on any atom is -0.492 e. The number of rotatable bonds is 30. The first-order valence-corrected chi connectivity index (χ1v) is 40.6. The maximum atomic E-state index is 6.96. The summed E-state index contributed by atoms with van der Waals surface area (Å²) >= 11 is 0. The molecule has 105 heavy (non-hydrogen) atoms. The number of nitrogens with zero attached hydrogens (tertiary/aromatic N) is 6. The molecule has 0 fully saturated rings. The first kappa shape index (κ1) is 80.0.